The van der Waals surface area contributed by atoms with Crippen LogP contribution in [0.3, 0.4) is 0 Å². The number of anilines is 2. The van der Waals surface area contributed by atoms with Crippen molar-refractivity contribution in [1.29, 1.82) is 0 Å². The lowest BCUT2D eigenvalue weighted by atomic mass is 10.0. The monoisotopic (exact) mass is 505 g/mol. The number of fused-ring (bicyclic) bond motifs is 2. The second kappa shape index (κ2) is 10.1. The van der Waals surface area contributed by atoms with E-state index in [-0.39, 0.29) is 0 Å². The van der Waals surface area contributed by atoms with Gasteiger partial charge in [-0.25, -0.2) is 0 Å². The molecule has 5 heteroatoms. The molecule has 0 radical (unpaired) electrons. The zero-order chi connectivity index (χ0) is 25.4. The molecular weight excluding hydrogens is 472 g/mol. The molecule has 1 saturated heterocycles. The Bertz CT molecular complexity index is 1500. The van der Waals surface area contributed by atoms with Gasteiger partial charge in [0.1, 0.15) is 7.05 Å². The molecule has 0 amide bonds. The molecule has 2 aliphatic rings. The average molecular weight is 506 g/mol. The number of para-hydroxylation sites is 2. The van der Waals surface area contributed by atoms with Gasteiger partial charge in [-0.1, -0.05) is 60.3 Å². The Morgan fingerprint density at radius 3 is 2.32 bits per heavy atom. The van der Waals surface area contributed by atoms with Gasteiger partial charge in [-0.05, 0) is 48.5 Å². The molecule has 0 unspecified atom stereocenters. The molecule has 1 aromatic heterocycles. The highest BCUT2D eigenvalue weighted by Crippen LogP contribution is 2.45. The summed E-state index contributed by atoms with van der Waals surface area (Å²) >= 11 is 1.83. The van der Waals surface area contributed by atoms with Crippen LogP contribution in [0.4, 0.5) is 11.4 Å². The minimum Gasteiger partial charge on any atom is -0.369 e. The van der Waals surface area contributed by atoms with Crippen LogP contribution in [-0.4, -0.2) is 45.2 Å². The first-order chi connectivity index (χ1) is 18.1. The van der Waals surface area contributed by atoms with Gasteiger partial charge in [-0.3, -0.25) is 0 Å². The predicted octanol–water partition coefficient (Wildman–Crippen LogP) is 6.13. The fraction of sp³-hybridized carbons (Fsp3) is 0.219. The summed E-state index contributed by atoms with van der Waals surface area (Å²) in [5, 5.41) is 2.50. The third-order valence-electron chi connectivity index (χ3n) is 7.53. The molecule has 3 heterocycles. The summed E-state index contributed by atoms with van der Waals surface area (Å²) in [4.78, 5) is 8.46. The van der Waals surface area contributed by atoms with E-state index in [9.17, 15) is 0 Å². The highest BCUT2D eigenvalue weighted by molar-refractivity contribution is 8.03. The van der Waals surface area contributed by atoms with Crippen molar-refractivity contribution in [3.05, 3.63) is 101 Å². The smallest absolute Gasteiger partial charge is 0.213 e. The molecule has 6 rings (SSSR count). The van der Waals surface area contributed by atoms with Crippen LogP contribution in [0.2, 0.25) is 0 Å². The van der Waals surface area contributed by atoms with Crippen LogP contribution in [0.15, 0.2) is 88.8 Å². The van der Waals surface area contributed by atoms with E-state index in [1.165, 1.54) is 49.0 Å². The van der Waals surface area contributed by atoms with Gasteiger partial charge in [0.15, 0.2) is 0 Å². The molecule has 2 aliphatic heterocycles. The molecule has 4 nitrogen and oxygen atoms in total. The van der Waals surface area contributed by atoms with Gasteiger partial charge in [0.25, 0.3) is 0 Å². The van der Waals surface area contributed by atoms with Gasteiger partial charge in [0, 0.05) is 62.0 Å². The Balaban J connectivity index is 1.31. The summed E-state index contributed by atoms with van der Waals surface area (Å²) in [5.41, 5.74) is 7.44. The number of aromatic nitrogens is 1. The molecule has 0 atom stereocenters. The Labute approximate surface area is 224 Å². The average Bonchev–Trinajstić information content (AvgIpc) is 3.25. The lowest BCUT2D eigenvalue weighted by Gasteiger charge is -2.34. The van der Waals surface area contributed by atoms with Gasteiger partial charge >= 0.3 is 0 Å². The summed E-state index contributed by atoms with van der Waals surface area (Å²) in [7, 11) is 6.51. The predicted molar refractivity (Wildman–Crippen MR) is 159 cm³/mol. The van der Waals surface area contributed by atoms with Crippen molar-refractivity contribution in [3.63, 3.8) is 0 Å². The van der Waals surface area contributed by atoms with Crippen LogP contribution >= 0.6 is 11.8 Å². The van der Waals surface area contributed by atoms with Crippen LogP contribution in [0, 0.1) is 0 Å². The third-order valence-corrected chi connectivity index (χ3v) is 8.69. The lowest BCUT2D eigenvalue weighted by molar-refractivity contribution is -0.646. The van der Waals surface area contributed by atoms with Crippen molar-refractivity contribution in [1.82, 2.24) is 4.90 Å². The number of benzene rings is 3. The molecule has 186 valence electrons. The van der Waals surface area contributed by atoms with Gasteiger partial charge in [-0.2, -0.15) is 4.57 Å². The number of likely N-dealkylation sites (N-methyl/N-ethyl adjacent to an activating group) is 1. The van der Waals surface area contributed by atoms with Gasteiger partial charge in [-0.15, -0.1) is 0 Å². The molecule has 0 spiro atoms. The van der Waals surface area contributed by atoms with E-state index in [2.05, 4.69) is 138 Å². The van der Waals surface area contributed by atoms with Crippen molar-refractivity contribution >= 4 is 52.3 Å². The van der Waals surface area contributed by atoms with Crippen molar-refractivity contribution < 1.29 is 4.57 Å². The Morgan fingerprint density at radius 1 is 0.811 bits per heavy atom. The van der Waals surface area contributed by atoms with Crippen molar-refractivity contribution in [3.8, 4) is 0 Å². The number of rotatable bonds is 4. The summed E-state index contributed by atoms with van der Waals surface area (Å²) < 4.78 is 2.29. The second-order valence-electron chi connectivity index (χ2n) is 9.93. The van der Waals surface area contributed by atoms with E-state index >= 15 is 0 Å². The highest BCUT2D eigenvalue weighted by atomic mass is 32.2. The molecule has 0 bridgehead atoms. The Kier molecular flexibility index (Phi) is 6.49. The number of piperazine rings is 1. The van der Waals surface area contributed by atoms with E-state index in [4.69, 9.17) is 0 Å². The fourth-order valence-electron chi connectivity index (χ4n) is 5.18. The van der Waals surface area contributed by atoms with E-state index in [1.807, 2.05) is 11.8 Å². The summed E-state index contributed by atoms with van der Waals surface area (Å²) in [5.74, 6) is 0. The minimum atomic E-state index is 1.09. The quantitative estimate of drug-likeness (QED) is 0.310. The zero-order valence-electron chi connectivity index (χ0n) is 21.8. The highest BCUT2D eigenvalue weighted by Gasteiger charge is 2.23. The second-order valence-corrected chi connectivity index (χ2v) is 11.0. The molecule has 1 fully saturated rings. The Hall–Kier alpha value is -3.54. The van der Waals surface area contributed by atoms with Gasteiger partial charge in [0.05, 0.1) is 16.1 Å². The third kappa shape index (κ3) is 4.77. The maximum Gasteiger partial charge on any atom is 0.213 e. The molecule has 4 aromatic rings. The maximum absolute atomic E-state index is 2.48. The van der Waals surface area contributed by atoms with Crippen LogP contribution in [0.1, 0.15) is 16.8 Å². The number of hydrogen-bond donors (Lipinski definition) is 0. The van der Waals surface area contributed by atoms with E-state index in [0.717, 1.165) is 26.2 Å². The van der Waals surface area contributed by atoms with Crippen LogP contribution in [0.25, 0.3) is 29.1 Å². The first-order valence-corrected chi connectivity index (χ1v) is 13.7. The van der Waals surface area contributed by atoms with Crippen LogP contribution < -0.4 is 14.4 Å². The standard InChI is InChI=1S/C32H33N4S/c1-33-18-20-36(21-19-33)26-16-13-24(14-17-26)12-15-25-22-27(34(2)29-9-5-4-8-28(25)29)23-32-35(3)30-10-6-7-11-31(30)37-32/h4-17,22-23H,18-21H2,1-3H3/q+1. The molecular formula is C32H33N4S+. The van der Waals surface area contributed by atoms with E-state index < -0.39 is 0 Å². The largest absolute Gasteiger partial charge is 0.369 e. The zero-order valence-corrected chi connectivity index (χ0v) is 22.6. The SMILES string of the molecule is CN1CCN(c2ccc(/C=C/c3cc(/C=C4\Sc5ccccc5N4C)[n+](C)c4ccccc34)cc2)CC1. The number of hydrogen-bond acceptors (Lipinski definition) is 4. The maximum atomic E-state index is 2.48. The molecule has 0 saturated carbocycles. The number of aryl methyl sites for hydroxylation is 1. The normalized spacial score (nSPS) is 17.3. The van der Waals surface area contributed by atoms with E-state index in [0.29, 0.717) is 0 Å². The lowest BCUT2D eigenvalue weighted by Crippen LogP contribution is -2.44. The first-order valence-electron chi connectivity index (χ1n) is 12.9. The first kappa shape index (κ1) is 23.8. The Morgan fingerprint density at radius 2 is 1.54 bits per heavy atom. The van der Waals surface area contributed by atoms with Crippen molar-refractivity contribution in [2.24, 2.45) is 7.05 Å². The summed E-state index contributed by atoms with van der Waals surface area (Å²) in [6.45, 7) is 4.43. The minimum absolute atomic E-state index is 1.09. The van der Waals surface area contributed by atoms with Gasteiger partial charge in [0.2, 0.25) is 11.2 Å². The molecule has 37 heavy (non-hydrogen) atoms. The number of pyridine rings is 1. The molecule has 0 N–H and O–H groups in total. The van der Waals surface area contributed by atoms with Crippen LogP contribution in [0.5, 0.6) is 0 Å². The van der Waals surface area contributed by atoms with Crippen LogP contribution in [-0.2, 0) is 7.05 Å². The topological polar surface area (TPSA) is 13.6 Å². The molecule has 0 aliphatic carbocycles. The summed E-state index contributed by atoms with van der Waals surface area (Å²) in [6.07, 6.45) is 6.80. The van der Waals surface area contributed by atoms with Crippen molar-refractivity contribution in [2.75, 3.05) is 50.1 Å². The molecule has 3 aromatic carbocycles. The fourth-order valence-corrected chi connectivity index (χ4v) is 6.28. The van der Waals surface area contributed by atoms with Gasteiger partial charge < -0.3 is 14.7 Å². The number of thioether (sulfide) groups is 1. The van der Waals surface area contributed by atoms with Crippen molar-refractivity contribution in [2.45, 2.75) is 4.90 Å². The summed E-state index contributed by atoms with van der Waals surface area (Å²) in [6, 6.07) is 28.6. The van der Waals surface area contributed by atoms with E-state index in [1.54, 1.807) is 0 Å². The number of nitrogens with zero attached hydrogens (tertiary/aromatic N) is 4.